The first-order chi connectivity index (χ1) is 19.6. The van der Waals surface area contributed by atoms with Gasteiger partial charge in [0.25, 0.3) is 0 Å². The Morgan fingerprint density at radius 1 is 0.825 bits per heavy atom. The van der Waals surface area contributed by atoms with Crippen molar-refractivity contribution in [1.29, 1.82) is 0 Å². The third-order valence-electron chi connectivity index (χ3n) is 6.70. The molecule has 0 atom stereocenters. The SMILES string of the molecule is Cc1ccc(Oc2ccc(OCC3CCN(C(=O)Oc4ccc(CCOc5ccccn5)cc4)CC3)cc2)nc1. The molecule has 0 radical (unpaired) electrons. The van der Waals surface area contributed by atoms with E-state index in [-0.39, 0.29) is 6.09 Å². The molecule has 0 spiro atoms. The molecule has 0 saturated carbocycles. The number of benzene rings is 2. The molecule has 1 fully saturated rings. The van der Waals surface area contributed by atoms with Crippen molar-refractivity contribution in [3.63, 3.8) is 0 Å². The van der Waals surface area contributed by atoms with E-state index < -0.39 is 0 Å². The van der Waals surface area contributed by atoms with Crippen LogP contribution in [0.25, 0.3) is 0 Å². The minimum absolute atomic E-state index is 0.316. The minimum Gasteiger partial charge on any atom is -0.493 e. The smallest absolute Gasteiger partial charge is 0.415 e. The number of likely N-dealkylation sites (tertiary alicyclic amines) is 1. The van der Waals surface area contributed by atoms with Crippen molar-refractivity contribution in [1.82, 2.24) is 14.9 Å². The lowest BCUT2D eigenvalue weighted by molar-refractivity contribution is 0.117. The number of ether oxygens (including phenoxy) is 4. The molecule has 8 nitrogen and oxygen atoms in total. The molecule has 3 heterocycles. The van der Waals surface area contributed by atoms with Crippen LogP contribution < -0.4 is 18.9 Å². The number of nitrogens with zero attached hydrogens (tertiary/aromatic N) is 3. The molecule has 1 saturated heterocycles. The number of rotatable bonds is 10. The Morgan fingerprint density at radius 3 is 2.27 bits per heavy atom. The Labute approximate surface area is 234 Å². The Hall–Kier alpha value is -4.59. The molecule has 1 aliphatic heterocycles. The molecule has 1 aliphatic rings. The van der Waals surface area contributed by atoms with Crippen molar-refractivity contribution in [2.24, 2.45) is 5.92 Å². The van der Waals surface area contributed by atoms with Crippen molar-refractivity contribution in [3.05, 3.63) is 102 Å². The van der Waals surface area contributed by atoms with Gasteiger partial charge in [-0.15, -0.1) is 0 Å². The van der Waals surface area contributed by atoms with Gasteiger partial charge in [-0.2, -0.15) is 0 Å². The van der Waals surface area contributed by atoms with Crippen LogP contribution in [0.15, 0.2) is 91.3 Å². The van der Waals surface area contributed by atoms with Gasteiger partial charge in [-0.1, -0.05) is 24.3 Å². The normalized spacial score (nSPS) is 13.5. The molecule has 0 bridgehead atoms. The largest absolute Gasteiger partial charge is 0.493 e. The van der Waals surface area contributed by atoms with Crippen molar-refractivity contribution < 1.29 is 23.7 Å². The maximum Gasteiger partial charge on any atom is 0.415 e. The molecule has 1 amide bonds. The zero-order valence-electron chi connectivity index (χ0n) is 22.6. The zero-order valence-corrected chi connectivity index (χ0v) is 22.6. The molecule has 0 aliphatic carbocycles. The van der Waals surface area contributed by atoms with E-state index in [1.165, 1.54) is 0 Å². The van der Waals surface area contributed by atoms with Crippen molar-refractivity contribution in [2.75, 3.05) is 26.3 Å². The first-order valence-corrected chi connectivity index (χ1v) is 13.5. The molecular formula is C32H33N3O5. The molecule has 2 aromatic carbocycles. The van der Waals surface area contributed by atoms with Crippen LogP contribution in [0.3, 0.4) is 0 Å². The summed E-state index contributed by atoms with van der Waals surface area (Å²) in [5.41, 5.74) is 2.19. The van der Waals surface area contributed by atoms with Gasteiger partial charge in [-0.05, 0) is 79.3 Å². The van der Waals surface area contributed by atoms with Gasteiger partial charge in [0, 0.05) is 44.0 Å². The summed E-state index contributed by atoms with van der Waals surface area (Å²) in [6.07, 6.45) is 5.64. The number of aromatic nitrogens is 2. The summed E-state index contributed by atoms with van der Waals surface area (Å²) in [5, 5.41) is 0. The van der Waals surface area contributed by atoms with E-state index in [1.54, 1.807) is 17.3 Å². The zero-order chi connectivity index (χ0) is 27.6. The van der Waals surface area contributed by atoms with Crippen LogP contribution in [0, 0.1) is 12.8 Å². The van der Waals surface area contributed by atoms with Gasteiger partial charge in [-0.3, -0.25) is 0 Å². The predicted molar refractivity (Wildman–Crippen MR) is 151 cm³/mol. The molecule has 206 valence electrons. The van der Waals surface area contributed by atoms with Gasteiger partial charge in [0.1, 0.15) is 17.2 Å². The van der Waals surface area contributed by atoms with Crippen LogP contribution in [-0.2, 0) is 6.42 Å². The van der Waals surface area contributed by atoms with E-state index in [0.29, 0.717) is 55.5 Å². The molecular weight excluding hydrogens is 506 g/mol. The number of pyridine rings is 2. The quantitative estimate of drug-likeness (QED) is 0.228. The van der Waals surface area contributed by atoms with Crippen LogP contribution >= 0.6 is 0 Å². The van der Waals surface area contributed by atoms with Crippen LogP contribution in [-0.4, -0.2) is 47.3 Å². The number of hydrogen-bond donors (Lipinski definition) is 0. The van der Waals surface area contributed by atoms with Crippen molar-refractivity contribution in [3.8, 4) is 29.0 Å². The van der Waals surface area contributed by atoms with Gasteiger partial charge in [0.2, 0.25) is 11.8 Å². The highest BCUT2D eigenvalue weighted by molar-refractivity contribution is 5.70. The first kappa shape index (κ1) is 27.0. The van der Waals surface area contributed by atoms with Gasteiger partial charge >= 0.3 is 6.09 Å². The summed E-state index contributed by atoms with van der Waals surface area (Å²) in [5.74, 6) is 3.58. The fraction of sp³-hybridized carbons (Fsp3) is 0.281. The van der Waals surface area contributed by atoms with E-state index in [1.807, 2.05) is 85.8 Å². The summed E-state index contributed by atoms with van der Waals surface area (Å²) in [6, 6.07) is 24.5. The average molecular weight is 540 g/mol. The minimum atomic E-state index is -0.316. The number of hydrogen-bond acceptors (Lipinski definition) is 7. The van der Waals surface area contributed by atoms with E-state index in [0.717, 1.165) is 36.1 Å². The second-order valence-corrected chi connectivity index (χ2v) is 9.77. The highest BCUT2D eigenvalue weighted by Crippen LogP contribution is 2.25. The summed E-state index contributed by atoms with van der Waals surface area (Å²) < 4.78 is 23.0. The lowest BCUT2D eigenvalue weighted by atomic mass is 9.98. The first-order valence-electron chi connectivity index (χ1n) is 13.5. The van der Waals surface area contributed by atoms with E-state index in [2.05, 4.69) is 9.97 Å². The lowest BCUT2D eigenvalue weighted by Crippen LogP contribution is -2.41. The molecule has 4 aromatic rings. The van der Waals surface area contributed by atoms with Crippen LogP contribution in [0.2, 0.25) is 0 Å². The van der Waals surface area contributed by atoms with Gasteiger partial charge < -0.3 is 23.8 Å². The van der Waals surface area contributed by atoms with Gasteiger partial charge in [-0.25, -0.2) is 14.8 Å². The summed E-state index contributed by atoms with van der Waals surface area (Å²) in [6.45, 7) is 4.41. The summed E-state index contributed by atoms with van der Waals surface area (Å²) in [7, 11) is 0. The Bertz CT molecular complexity index is 1340. The number of aryl methyl sites for hydroxylation is 1. The standard InChI is InChI=1S/C32H33N3O5/c1-24-5-14-31(34-22-24)39-28-12-10-27(11-13-28)38-23-26-15-19-35(20-16-26)32(36)40-29-8-6-25(7-9-29)17-21-37-30-4-2-3-18-33-30/h2-14,18,22,26H,15-17,19-21,23H2,1H3. The van der Waals surface area contributed by atoms with Gasteiger partial charge in [0.15, 0.2) is 0 Å². The van der Waals surface area contributed by atoms with Crippen LogP contribution in [0.1, 0.15) is 24.0 Å². The van der Waals surface area contributed by atoms with E-state index in [4.69, 9.17) is 18.9 Å². The molecule has 8 heteroatoms. The Kier molecular flexibility index (Phi) is 9.09. The number of carbonyl (C=O) groups is 1. The van der Waals surface area contributed by atoms with E-state index in [9.17, 15) is 4.79 Å². The molecule has 0 unspecified atom stereocenters. The molecule has 2 aromatic heterocycles. The second-order valence-electron chi connectivity index (χ2n) is 9.77. The third kappa shape index (κ3) is 7.96. The van der Waals surface area contributed by atoms with E-state index >= 15 is 0 Å². The predicted octanol–water partition coefficient (Wildman–Crippen LogP) is 6.49. The fourth-order valence-corrected chi connectivity index (χ4v) is 4.33. The number of carbonyl (C=O) groups excluding carboxylic acids is 1. The van der Waals surface area contributed by atoms with Crippen molar-refractivity contribution in [2.45, 2.75) is 26.2 Å². The summed E-state index contributed by atoms with van der Waals surface area (Å²) in [4.78, 5) is 22.8. The molecule has 5 rings (SSSR count). The fourth-order valence-electron chi connectivity index (χ4n) is 4.33. The van der Waals surface area contributed by atoms with Crippen LogP contribution in [0.5, 0.6) is 29.0 Å². The maximum atomic E-state index is 12.7. The topological polar surface area (TPSA) is 83.0 Å². The van der Waals surface area contributed by atoms with Crippen LogP contribution in [0.4, 0.5) is 4.79 Å². The molecule has 0 N–H and O–H groups in total. The monoisotopic (exact) mass is 539 g/mol. The molecule has 40 heavy (non-hydrogen) atoms. The number of piperidine rings is 1. The highest BCUT2D eigenvalue weighted by Gasteiger charge is 2.24. The van der Waals surface area contributed by atoms with Crippen molar-refractivity contribution >= 4 is 6.09 Å². The average Bonchev–Trinajstić information content (AvgIpc) is 3.00. The lowest BCUT2D eigenvalue weighted by Gasteiger charge is -2.31. The Balaban J connectivity index is 0.994. The maximum absolute atomic E-state index is 12.7. The number of amides is 1. The second kappa shape index (κ2) is 13.5. The Morgan fingerprint density at radius 2 is 1.57 bits per heavy atom. The van der Waals surface area contributed by atoms with Gasteiger partial charge in [0.05, 0.1) is 13.2 Å². The third-order valence-corrected chi connectivity index (χ3v) is 6.70. The summed E-state index contributed by atoms with van der Waals surface area (Å²) >= 11 is 0. The highest BCUT2D eigenvalue weighted by atomic mass is 16.6.